The van der Waals surface area contributed by atoms with Gasteiger partial charge in [-0.25, -0.2) is 9.67 Å². The lowest BCUT2D eigenvalue weighted by atomic mass is 9.97. The van der Waals surface area contributed by atoms with Gasteiger partial charge in [-0.2, -0.15) is 10.4 Å². The Morgan fingerprint density at radius 2 is 2.33 bits per heavy atom. The van der Waals surface area contributed by atoms with Gasteiger partial charge in [-0.3, -0.25) is 4.79 Å². The maximum atomic E-state index is 12.1. The van der Waals surface area contributed by atoms with Crippen LogP contribution in [0.1, 0.15) is 23.5 Å². The molecule has 1 fully saturated rings. The van der Waals surface area contributed by atoms with Crippen molar-refractivity contribution in [2.45, 2.75) is 19.0 Å². The van der Waals surface area contributed by atoms with E-state index in [-0.39, 0.29) is 17.1 Å². The van der Waals surface area contributed by atoms with Gasteiger partial charge in [-0.15, -0.1) is 0 Å². The highest BCUT2D eigenvalue weighted by Crippen LogP contribution is 2.29. The maximum absolute atomic E-state index is 12.1. The average molecular weight is 302 g/mol. The lowest BCUT2D eigenvalue weighted by Gasteiger charge is -2.16. The zero-order valence-corrected chi connectivity index (χ0v) is 11.9. The zero-order valence-electron chi connectivity index (χ0n) is 11.1. The molecule has 0 bridgehead atoms. The molecule has 0 saturated carbocycles. The first-order valence-corrected chi connectivity index (χ1v) is 6.86. The van der Waals surface area contributed by atoms with Crippen LogP contribution in [0.15, 0.2) is 30.6 Å². The van der Waals surface area contributed by atoms with Crippen LogP contribution < -0.4 is 0 Å². The molecule has 1 aliphatic heterocycles. The zero-order chi connectivity index (χ0) is 14.8. The SMILES string of the molecule is N#Cc1cccc(C2CC(=O)N(Cn3ncnc3Cl)C2)c1. The number of likely N-dealkylation sites (tertiary alicyclic amines) is 1. The van der Waals surface area contributed by atoms with Crippen molar-refractivity contribution in [1.29, 1.82) is 5.26 Å². The number of hydrogen-bond acceptors (Lipinski definition) is 4. The Balaban J connectivity index is 1.75. The summed E-state index contributed by atoms with van der Waals surface area (Å²) in [5.74, 6) is 0.141. The molecule has 1 amide bonds. The molecular weight excluding hydrogens is 290 g/mol. The lowest BCUT2D eigenvalue weighted by Crippen LogP contribution is -2.28. The number of nitrogens with zero attached hydrogens (tertiary/aromatic N) is 5. The van der Waals surface area contributed by atoms with E-state index in [1.165, 1.54) is 11.0 Å². The van der Waals surface area contributed by atoms with Crippen LogP contribution in [0, 0.1) is 11.3 Å². The first-order valence-electron chi connectivity index (χ1n) is 6.48. The number of amides is 1. The molecular formula is C14H12ClN5O. The minimum absolute atomic E-state index is 0.0499. The number of benzene rings is 1. The molecule has 3 rings (SSSR count). The van der Waals surface area contributed by atoms with E-state index < -0.39 is 0 Å². The fraction of sp³-hybridized carbons (Fsp3) is 0.286. The van der Waals surface area contributed by atoms with E-state index in [4.69, 9.17) is 16.9 Å². The number of carbonyl (C=O) groups excluding carboxylic acids is 1. The van der Waals surface area contributed by atoms with Gasteiger partial charge in [-0.05, 0) is 29.3 Å². The second-order valence-corrected chi connectivity index (χ2v) is 5.26. The molecule has 0 spiro atoms. The Hall–Kier alpha value is -2.39. The van der Waals surface area contributed by atoms with Gasteiger partial charge >= 0.3 is 0 Å². The molecule has 0 aliphatic carbocycles. The van der Waals surface area contributed by atoms with Crippen LogP contribution in [0.25, 0.3) is 0 Å². The molecule has 1 saturated heterocycles. The predicted molar refractivity (Wildman–Crippen MR) is 75.3 cm³/mol. The lowest BCUT2D eigenvalue weighted by molar-refractivity contribution is -0.129. The van der Waals surface area contributed by atoms with Gasteiger partial charge in [0.1, 0.15) is 13.0 Å². The normalized spacial score (nSPS) is 18.0. The van der Waals surface area contributed by atoms with Crippen molar-refractivity contribution in [3.05, 3.63) is 47.0 Å². The van der Waals surface area contributed by atoms with Gasteiger partial charge in [0.15, 0.2) is 0 Å². The van der Waals surface area contributed by atoms with Gasteiger partial charge in [-0.1, -0.05) is 12.1 Å². The molecule has 1 aromatic carbocycles. The third kappa shape index (κ3) is 2.73. The standard InChI is InChI=1S/C14H12ClN5O/c15-14-17-8-18-20(14)9-19-7-12(5-13(19)21)11-3-1-2-10(4-11)6-16/h1-4,8,12H,5,7,9H2. The van der Waals surface area contributed by atoms with Crippen molar-refractivity contribution in [3.63, 3.8) is 0 Å². The summed E-state index contributed by atoms with van der Waals surface area (Å²) in [7, 11) is 0. The second-order valence-electron chi connectivity index (χ2n) is 4.92. The molecule has 1 atom stereocenters. The van der Waals surface area contributed by atoms with Crippen LogP contribution in [-0.4, -0.2) is 32.1 Å². The van der Waals surface area contributed by atoms with E-state index in [9.17, 15) is 4.79 Å². The van der Waals surface area contributed by atoms with Crippen molar-refractivity contribution in [3.8, 4) is 6.07 Å². The number of hydrogen-bond donors (Lipinski definition) is 0. The fourth-order valence-electron chi connectivity index (χ4n) is 2.50. The first-order chi connectivity index (χ1) is 10.2. The van der Waals surface area contributed by atoms with E-state index in [2.05, 4.69) is 16.2 Å². The van der Waals surface area contributed by atoms with Gasteiger partial charge in [0.2, 0.25) is 11.2 Å². The van der Waals surface area contributed by atoms with Crippen molar-refractivity contribution in [2.24, 2.45) is 0 Å². The smallest absolute Gasteiger partial charge is 0.224 e. The van der Waals surface area contributed by atoms with E-state index in [1.54, 1.807) is 11.0 Å². The Kier molecular flexibility index (Phi) is 3.59. The van der Waals surface area contributed by atoms with Crippen molar-refractivity contribution < 1.29 is 4.79 Å². The van der Waals surface area contributed by atoms with E-state index in [0.717, 1.165) is 5.56 Å². The fourth-order valence-corrected chi connectivity index (χ4v) is 2.64. The minimum atomic E-state index is 0.0499. The van der Waals surface area contributed by atoms with E-state index in [0.29, 0.717) is 25.2 Å². The van der Waals surface area contributed by atoms with Crippen LogP contribution in [0.3, 0.4) is 0 Å². The topological polar surface area (TPSA) is 74.8 Å². The average Bonchev–Trinajstić information content (AvgIpc) is 3.07. The summed E-state index contributed by atoms with van der Waals surface area (Å²) in [6.07, 6.45) is 1.79. The number of rotatable bonds is 3. The molecule has 1 unspecified atom stereocenters. The Morgan fingerprint density at radius 1 is 1.48 bits per heavy atom. The van der Waals surface area contributed by atoms with Crippen LogP contribution in [0.2, 0.25) is 5.28 Å². The number of carbonyl (C=O) groups is 1. The summed E-state index contributed by atoms with van der Waals surface area (Å²) in [6, 6.07) is 9.50. The molecule has 21 heavy (non-hydrogen) atoms. The number of halogens is 1. The molecule has 0 radical (unpaired) electrons. The summed E-state index contributed by atoms with van der Waals surface area (Å²) in [5.41, 5.74) is 1.62. The molecule has 2 aromatic rings. The van der Waals surface area contributed by atoms with Gasteiger partial charge in [0.05, 0.1) is 11.6 Å². The van der Waals surface area contributed by atoms with Crippen molar-refractivity contribution >= 4 is 17.5 Å². The number of nitriles is 1. The number of aromatic nitrogens is 3. The highest BCUT2D eigenvalue weighted by Gasteiger charge is 2.31. The molecule has 1 aromatic heterocycles. The highest BCUT2D eigenvalue weighted by molar-refractivity contribution is 6.28. The molecule has 1 aliphatic rings. The van der Waals surface area contributed by atoms with Gasteiger partial charge < -0.3 is 4.90 Å². The van der Waals surface area contributed by atoms with E-state index >= 15 is 0 Å². The molecule has 7 heteroatoms. The minimum Gasteiger partial charge on any atom is -0.322 e. The summed E-state index contributed by atoms with van der Waals surface area (Å²) in [6.45, 7) is 0.885. The third-order valence-corrected chi connectivity index (χ3v) is 3.87. The van der Waals surface area contributed by atoms with Crippen molar-refractivity contribution in [2.75, 3.05) is 6.54 Å². The summed E-state index contributed by atoms with van der Waals surface area (Å²) in [5, 5.41) is 13.2. The second kappa shape index (κ2) is 5.54. The Labute approximate surface area is 126 Å². The van der Waals surface area contributed by atoms with Crippen LogP contribution in [-0.2, 0) is 11.5 Å². The van der Waals surface area contributed by atoms with E-state index in [1.807, 2.05) is 18.2 Å². The predicted octanol–water partition coefficient (Wildman–Crippen LogP) is 1.78. The monoisotopic (exact) mass is 301 g/mol. The quantitative estimate of drug-likeness (QED) is 0.866. The molecule has 0 N–H and O–H groups in total. The Morgan fingerprint density at radius 3 is 3.05 bits per heavy atom. The molecule has 2 heterocycles. The van der Waals surface area contributed by atoms with Crippen LogP contribution in [0.4, 0.5) is 0 Å². The largest absolute Gasteiger partial charge is 0.322 e. The molecule has 106 valence electrons. The third-order valence-electron chi connectivity index (χ3n) is 3.57. The van der Waals surface area contributed by atoms with Crippen molar-refractivity contribution in [1.82, 2.24) is 19.7 Å². The summed E-state index contributed by atoms with van der Waals surface area (Å²) >= 11 is 5.87. The molecule has 6 nitrogen and oxygen atoms in total. The summed E-state index contributed by atoms with van der Waals surface area (Å²) in [4.78, 5) is 17.6. The van der Waals surface area contributed by atoms with Crippen LogP contribution >= 0.6 is 11.6 Å². The first kappa shape index (κ1) is 13.6. The maximum Gasteiger partial charge on any atom is 0.224 e. The van der Waals surface area contributed by atoms with Crippen LogP contribution in [0.5, 0.6) is 0 Å². The van der Waals surface area contributed by atoms with Gasteiger partial charge in [0.25, 0.3) is 0 Å². The van der Waals surface area contributed by atoms with Gasteiger partial charge in [0, 0.05) is 18.9 Å². The Bertz CT molecular complexity index is 720. The summed E-state index contributed by atoms with van der Waals surface area (Å²) < 4.78 is 1.48. The highest BCUT2D eigenvalue weighted by atomic mass is 35.5.